The fourth-order valence-electron chi connectivity index (χ4n) is 8.71. The van der Waals surface area contributed by atoms with Crippen molar-refractivity contribution in [3.63, 3.8) is 0 Å². The van der Waals surface area contributed by atoms with E-state index < -0.39 is 33.2 Å². The van der Waals surface area contributed by atoms with Crippen LogP contribution >= 0.6 is 40.7 Å². The van der Waals surface area contributed by atoms with E-state index in [0.29, 0.717) is 11.3 Å². The summed E-state index contributed by atoms with van der Waals surface area (Å²) in [5.41, 5.74) is 8.06. The van der Waals surface area contributed by atoms with Crippen LogP contribution in [0.3, 0.4) is 0 Å². The molecule has 4 atom stereocenters. The Morgan fingerprint density at radius 1 is 0.520 bits per heavy atom. The smallest absolute Gasteiger partial charge is 0.147 e. The van der Waals surface area contributed by atoms with E-state index in [1.165, 1.54) is 10.6 Å². The van der Waals surface area contributed by atoms with E-state index in [9.17, 15) is 0 Å². The van der Waals surface area contributed by atoms with Gasteiger partial charge in [0.05, 0.1) is 0 Å². The van der Waals surface area contributed by atoms with Gasteiger partial charge in [0.15, 0.2) is 0 Å². The van der Waals surface area contributed by atoms with E-state index in [2.05, 4.69) is 184 Å². The molecule has 6 rings (SSSR count). The predicted molar refractivity (Wildman–Crippen MR) is 233 cm³/mol. The summed E-state index contributed by atoms with van der Waals surface area (Å²) in [7, 11) is -0.992. The fourth-order valence-corrected chi connectivity index (χ4v) is 32.5. The summed E-state index contributed by atoms with van der Waals surface area (Å²) in [6, 6.07) is 23.0. The van der Waals surface area contributed by atoms with Crippen molar-refractivity contribution in [3.05, 3.63) is 124 Å². The van der Waals surface area contributed by atoms with Gasteiger partial charge >= 0.3 is 301 Å². The van der Waals surface area contributed by atoms with Gasteiger partial charge in [-0.1, -0.05) is 0 Å². The van der Waals surface area contributed by atoms with E-state index in [-0.39, 0.29) is 46.5 Å². The van der Waals surface area contributed by atoms with E-state index in [4.69, 9.17) is 0 Å². The maximum absolute atomic E-state index is 4.02. The van der Waals surface area contributed by atoms with Gasteiger partial charge in [0.25, 0.3) is 0 Å². The Morgan fingerprint density at radius 2 is 0.820 bits per heavy atom. The van der Waals surface area contributed by atoms with Crippen molar-refractivity contribution in [1.82, 2.24) is 0 Å². The average Bonchev–Trinajstić information content (AvgIpc) is 3.69. The van der Waals surface area contributed by atoms with E-state index >= 15 is 0 Å². The number of allylic oxidation sites excluding steroid dienone is 12. The number of fused-ring (bicyclic) bond motifs is 2. The van der Waals surface area contributed by atoms with Gasteiger partial charge in [0.2, 0.25) is 0 Å². The van der Waals surface area contributed by atoms with Gasteiger partial charge in [-0.25, -0.2) is 0 Å². The molecule has 6 heteroatoms. The summed E-state index contributed by atoms with van der Waals surface area (Å²) >= 11 is -4.02. The molecule has 0 saturated carbocycles. The van der Waals surface area contributed by atoms with Gasteiger partial charge in [-0.3, -0.25) is 0 Å². The van der Waals surface area contributed by atoms with Crippen LogP contribution in [-0.4, -0.2) is 18.2 Å². The molecule has 0 saturated heterocycles. The third-order valence-electron chi connectivity index (χ3n) is 11.0. The van der Waals surface area contributed by atoms with Crippen molar-refractivity contribution in [1.29, 1.82) is 0 Å². The number of benzene rings is 2. The van der Waals surface area contributed by atoms with Crippen molar-refractivity contribution in [3.8, 4) is 0 Å². The molecule has 2 heterocycles. The summed E-state index contributed by atoms with van der Waals surface area (Å²) in [5, 5.41) is 6.35. The van der Waals surface area contributed by atoms with Crippen LogP contribution in [0.1, 0.15) is 83.1 Å². The molecule has 0 fully saturated rings. The van der Waals surface area contributed by atoms with Crippen LogP contribution in [0.25, 0.3) is 0 Å². The first-order valence-corrected chi connectivity index (χ1v) is 34.2. The van der Waals surface area contributed by atoms with Crippen molar-refractivity contribution < 1.29 is 17.4 Å². The van der Waals surface area contributed by atoms with Crippen LogP contribution in [0, 0.1) is 21.7 Å². The van der Waals surface area contributed by atoms with Crippen LogP contribution in [0.2, 0.25) is 9.26 Å². The Balaban J connectivity index is 0.00000281. The molecule has 0 amide bonds. The van der Waals surface area contributed by atoms with Gasteiger partial charge in [-0.2, -0.15) is 0 Å². The molecule has 50 heavy (non-hydrogen) atoms. The topological polar surface area (TPSA) is 0 Å². The SMILES string of the molecule is CC(C)(C)C1=[C]([Zr]([CH3])([CH3])(=[SiH2])[C]2=C(C(C)(C)C)C=C3C2=CC(C(C)(C)C)P3c2ccccc2)C2=CC(C(C)(C)C)P(c3ccccc3)C2=C1.Cl.Cl. The molecule has 0 aromatic heterocycles. The number of hydrogen-bond donors (Lipinski definition) is 0. The van der Waals surface area contributed by atoms with Crippen LogP contribution in [0.4, 0.5) is 0 Å². The Hall–Kier alpha value is -0.580. The standard InChI is InChI=1S/2C21H26P.2CH3.2ClH.H2Si.Zr/c2*1-20(2,3)16-12-15-13-19(21(4,5)6)22(18(15)14-16)17-10-8-7-9-11-17;;;;;;/h2*7-11,13-14,19H,1-6H3;2*1H3;2*1H;1H2;. The normalized spacial score (nSPS) is 24.2. The molecule has 0 nitrogen and oxygen atoms in total. The summed E-state index contributed by atoms with van der Waals surface area (Å²) in [5.74, 6) is 0. The Kier molecular flexibility index (Phi) is 11.5. The minimum absolute atomic E-state index is 0. The van der Waals surface area contributed by atoms with Crippen molar-refractivity contribution in [2.24, 2.45) is 21.7 Å². The first-order valence-electron chi connectivity index (χ1n) is 18.1. The number of halogens is 2. The van der Waals surface area contributed by atoms with E-state index in [1.54, 1.807) is 39.5 Å². The zero-order chi connectivity index (χ0) is 35.4. The molecule has 2 aliphatic carbocycles. The first-order chi connectivity index (χ1) is 21.9. The third-order valence-corrected chi connectivity index (χ3v) is 32.1. The Labute approximate surface area is 322 Å². The minimum atomic E-state index is -4.02. The van der Waals surface area contributed by atoms with Crippen molar-refractivity contribution in [2.75, 3.05) is 0 Å². The Morgan fingerprint density at radius 3 is 1.08 bits per heavy atom. The van der Waals surface area contributed by atoms with Gasteiger partial charge in [0, 0.05) is 0 Å². The molecule has 2 aromatic carbocycles. The van der Waals surface area contributed by atoms with Crippen LogP contribution in [0.5, 0.6) is 0 Å². The molecule has 270 valence electrons. The quantitative estimate of drug-likeness (QED) is 0.212. The third kappa shape index (κ3) is 7.17. The van der Waals surface area contributed by atoms with Crippen molar-refractivity contribution in [2.45, 2.75) is 104 Å². The zero-order valence-corrected chi connectivity index (χ0v) is 40.4. The molecule has 2 aliphatic heterocycles. The molecule has 4 aliphatic rings. The Bertz CT molecular complexity index is 1790. The maximum Gasteiger partial charge on any atom is -0.147 e. The van der Waals surface area contributed by atoms with Gasteiger partial charge in [-0.05, 0) is 0 Å². The second kappa shape index (κ2) is 13.6. The summed E-state index contributed by atoms with van der Waals surface area (Å²) in [6.07, 6.45) is 11.0. The van der Waals surface area contributed by atoms with Gasteiger partial charge in [0.1, 0.15) is 0 Å². The zero-order valence-electron chi connectivity index (χ0n) is 33.2. The minimum Gasteiger partial charge on any atom is -0.147 e. The molecular formula is C44H62Cl2P2SiZr. The second-order valence-corrected chi connectivity index (χ2v) is 52.8. The molecule has 0 radical (unpaired) electrons. The summed E-state index contributed by atoms with van der Waals surface area (Å²) in [4.78, 5) is 0. The summed E-state index contributed by atoms with van der Waals surface area (Å²) in [6.45, 7) is 32.1. The largest absolute Gasteiger partial charge is 0.147 e. The first kappa shape index (κ1) is 42.2. The van der Waals surface area contributed by atoms with Crippen LogP contribution < -0.4 is 10.6 Å². The number of hydrogen-bond acceptors (Lipinski definition) is 0. The predicted octanol–water partition coefficient (Wildman–Crippen LogP) is 12.9. The van der Waals surface area contributed by atoms with Crippen LogP contribution in [0.15, 0.2) is 124 Å². The molecule has 4 unspecified atom stereocenters. The molecule has 0 bridgehead atoms. The van der Waals surface area contributed by atoms with Crippen LogP contribution in [-0.2, 0) is 17.4 Å². The van der Waals surface area contributed by atoms with Gasteiger partial charge < -0.3 is 0 Å². The monoisotopic (exact) mass is 840 g/mol. The average molecular weight is 843 g/mol. The fraction of sp³-hybridized carbons (Fsp3) is 0.455. The molecule has 2 aromatic rings. The maximum atomic E-state index is 2.81. The summed E-state index contributed by atoms with van der Waals surface area (Å²) < 4.78 is 9.18. The van der Waals surface area contributed by atoms with Gasteiger partial charge in [-0.15, -0.1) is 24.8 Å². The van der Waals surface area contributed by atoms with Crippen molar-refractivity contribution >= 4 is 58.1 Å². The molecule has 0 N–H and O–H groups in total. The second-order valence-electron chi connectivity index (χ2n) is 20.0. The molecule has 0 spiro atoms. The van der Waals surface area contributed by atoms with E-state index in [0.717, 1.165) is 0 Å². The molecular weight excluding hydrogens is 781 g/mol. The van der Waals surface area contributed by atoms with E-state index in [1.807, 2.05) is 0 Å². The number of rotatable bonds is 4.